The molecule has 0 amide bonds. The average molecular weight is 154 g/mol. The molecule has 1 heteroatoms. The van der Waals surface area contributed by atoms with Crippen molar-refractivity contribution >= 4 is 0 Å². The van der Waals surface area contributed by atoms with Crippen LogP contribution in [-0.4, -0.2) is 11.7 Å². The first-order valence-corrected chi connectivity index (χ1v) is 4.46. The number of aliphatic hydroxyl groups is 1. The monoisotopic (exact) mass is 154 g/mol. The summed E-state index contributed by atoms with van der Waals surface area (Å²) >= 11 is 0. The fourth-order valence-corrected chi connectivity index (χ4v) is 1.93. The van der Waals surface area contributed by atoms with Crippen LogP contribution in [0.3, 0.4) is 0 Å². The van der Waals surface area contributed by atoms with Gasteiger partial charge in [0, 0.05) is 6.61 Å². The third kappa shape index (κ3) is 1.64. The number of hydrogen-bond acceptors (Lipinski definition) is 1. The Hall–Kier alpha value is -0.300. The lowest BCUT2D eigenvalue weighted by Gasteiger charge is -2.45. The summed E-state index contributed by atoms with van der Waals surface area (Å²) in [5, 5.41) is 8.83. The first kappa shape index (κ1) is 8.79. The summed E-state index contributed by atoms with van der Waals surface area (Å²) in [7, 11) is 0. The van der Waals surface area contributed by atoms with Crippen LogP contribution < -0.4 is 0 Å². The predicted molar refractivity (Wildman–Crippen MR) is 47.3 cm³/mol. The van der Waals surface area contributed by atoms with E-state index in [-0.39, 0.29) is 0 Å². The Morgan fingerprint density at radius 2 is 2.36 bits per heavy atom. The Balaban J connectivity index is 2.45. The van der Waals surface area contributed by atoms with Gasteiger partial charge >= 0.3 is 0 Å². The molecule has 11 heavy (non-hydrogen) atoms. The maximum Gasteiger partial charge on any atom is 0.0436 e. The van der Waals surface area contributed by atoms with Gasteiger partial charge in [-0.1, -0.05) is 19.1 Å². The molecule has 0 heterocycles. The number of aliphatic hydroxyl groups excluding tert-OH is 1. The van der Waals surface area contributed by atoms with Gasteiger partial charge in [0.2, 0.25) is 0 Å². The number of allylic oxidation sites excluding steroid dienone is 2. The molecule has 0 saturated heterocycles. The van der Waals surface area contributed by atoms with Gasteiger partial charge in [-0.15, -0.1) is 0 Å². The second-order valence-corrected chi connectivity index (χ2v) is 3.80. The molecule has 0 bridgehead atoms. The van der Waals surface area contributed by atoms with E-state index in [9.17, 15) is 0 Å². The van der Waals surface area contributed by atoms with Crippen LogP contribution in [0.2, 0.25) is 0 Å². The van der Waals surface area contributed by atoms with Crippen molar-refractivity contribution in [1.82, 2.24) is 0 Å². The molecule has 1 N–H and O–H groups in total. The van der Waals surface area contributed by atoms with E-state index in [1.54, 1.807) is 0 Å². The fraction of sp³-hybridized carbons (Fsp3) is 0.800. The summed E-state index contributed by atoms with van der Waals surface area (Å²) in [5.41, 5.74) is 0.404. The maximum atomic E-state index is 8.83. The second kappa shape index (κ2) is 3.40. The van der Waals surface area contributed by atoms with Crippen LogP contribution >= 0.6 is 0 Å². The van der Waals surface area contributed by atoms with E-state index in [0.717, 1.165) is 12.3 Å². The van der Waals surface area contributed by atoms with Gasteiger partial charge in [-0.2, -0.15) is 0 Å². The highest BCUT2D eigenvalue weighted by molar-refractivity contribution is 5.02. The molecule has 0 aromatic heterocycles. The van der Waals surface area contributed by atoms with Crippen molar-refractivity contribution in [2.75, 3.05) is 6.61 Å². The number of hydrogen-bond donors (Lipinski definition) is 1. The summed E-state index contributed by atoms with van der Waals surface area (Å²) in [5.74, 6) is 0.722. The largest absolute Gasteiger partial charge is 0.396 e. The Kier molecular flexibility index (Phi) is 2.72. The molecule has 1 aliphatic rings. The molecule has 0 spiro atoms. The van der Waals surface area contributed by atoms with Gasteiger partial charge in [0.15, 0.2) is 0 Å². The molecule has 2 unspecified atom stereocenters. The van der Waals surface area contributed by atoms with Gasteiger partial charge < -0.3 is 5.11 Å². The molecule has 0 aromatic rings. The third-order valence-corrected chi connectivity index (χ3v) is 3.03. The minimum absolute atomic E-state index is 0.338. The molecule has 0 aromatic carbocycles. The van der Waals surface area contributed by atoms with Crippen molar-refractivity contribution in [3.05, 3.63) is 12.2 Å². The molecule has 0 aliphatic heterocycles. The van der Waals surface area contributed by atoms with Crippen LogP contribution in [-0.2, 0) is 0 Å². The molecule has 0 radical (unpaired) electrons. The topological polar surface area (TPSA) is 20.2 Å². The van der Waals surface area contributed by atoms with Gasteiger partial charge in [-0.3, -0.25) is 0 Å². The highest BCUT2D eigenvalue weighted by Gasteiger charge is 2.39. The van der Waals surface area contributed by atoms with Gasteiger partial charge in [-0.25, -0.2) is 0 Å². The Morgan fingerprint density at radius 1 is 1.64 bits per heavy atom. The van der Waals surface area contributed by atoms with Crippen LogP contribution in [0, 0.1) is 11.3 Å². The second-order valence-electron chi connectivity index (χ2n) is 3.80. The third-order valence-electron chi connectivity index (χ3n) is 3.03. The van der Waals surface area contributed by atoms with E-state index >= 15 is 0 Å². The lowest BCUT2D eigenvalue weighted by atomic mass is 9.59. The van der Waals surface area contributed by atoms with E-state index in [0.29, 0.717) is 12.0 Å². The van der Waals surface area contributed by atoms with E-state index in [1.807, 2.05) is 0 Å². The molecular weight excluding hydrogens is 136 g/mol. The lowest BCUT2D eigenvalue weighted by molar-refractivity contribution is 0.0542. The summed E-state index contributed by atoms with van der Waals surface area (Å²) in [6.07, 6.45) is 7.95. The highest BCUT2D eigenvalue weighted by atomic mass is 16.3. The zero-order chi connectivity index (χ0) is 8.32. The van der Waals surface area contributed by atoms with Crippen LogP contribution in [0.1, 0.15) is 33.1 Å². The lowest BCUT2D eigenvalue weighted by Crippen LogP contribution is -2.36. The predicted octanol–water partition coefficient (Wildman–Crippen LogP) is 2.36. The van der Waals surface area contributed by atoms with Crippen LogP contribution in [0.25, 0.3) is 0 Å². The van der Waals surface area contributed by atoms with E-state index in [2.05, 4.69) is 26.0 Å². The quantitative estimate of drug-likeness (QED) is 0.619. The minimum atomic E-state index is 0.338. The first-order chi connectivity index (χ1) is 5.23. The van der Waals surface area contributed by atoms with E-state index in [4.69, 9.17) is 5.11 Å². The summed E-state index contributed by atoms with van der Waals surface area (Å²) in [6.45, 7) is 4.68. The molecule has 64 valence electrons. The maximum absolute atomic E-state index is 8.83. The van der Waals surface area contributed by atoms with Gasteiger partial charge in [0.1, 0.15) is 0 Å². The van der Waals surface area contributed by atoms with Crippen molar-refractivity contribution in [3.8, 4) is 0 Å². The molecule has 1 nitrogen and oxygen atoms in total. The van der Waals surface area contributed by atoms with Crippen molar-refractivity contribution in [1.29, 1.82) is 0 Å². The Morgan fingerprint density at radius 3 is 2.73 bits per heavy atom. The molecular formula is C10H18O. The van der Waals surface area contributed by atoms with Gasteiger partial charge in [-0.05, 0) is 37.5 Å². The Labute approximate surface area is 69.1 Å². The first-order valence-electron chi connectivity index (χ1n) is 4.46. The average Bonchev–Trinajstić information content (AvgIpc) is 1.99. The molecule has 1 fully saturated rings. The van der Waals surface area contributed by atoms with Gasteiger partial charge in [0.05, 0.1) is 0 Å². The van der Waals surface area contributed by atoms with E-state index < -0.39 is 0 Å². The van der Waals surface area contributed by atoms with Crippen molar-refractivity contribution in [2.45, 2.75) is 33.1 Å². The molecule has 1 rings (SSSR count). The molecule has 2 atom stereocenters. The van der Waals surface area contributed by atoms with Crippen LogP contribution in [0.15, 0.2) is 12.2 Å². The van der Waals surface area contributed by atoms with Crippen molar-refractivity contribution in [3.63, 3.8) is 0 Å². The fourth-order valence-electron chi connectivity index (χ4n) is 1.93. The molecule has 1 saturated carbocycles. The summed E-state index contributed by atoms with van der Waals surface area (Å²) in [4.78, 5) is 0. The Bertz CT molecular complexity index is 151. The summed E-state index contributed by atoms with van der Waals surface area (Å²) < 4.78 is 0. The standard InChI is InChI=1S/C10H18O/c1-3-4-9-5-6-10(9,2)7-8-11/h3-4,9,11H,5-8H2,1-2H3. The normalized spacial score (nSPS) is 37.5. The van der Waals surface area contributed by atoms with Crippen LogP contribution in [0.4, 0.5) is 0 Å². The van der Waals surface area contributed by atoms with Crippen LogP contribution in [0.5, 0.6) is 0 Å². The zero-order valence-electron chi connectivity index (χ0n) is 7.51. The SMILES string of the molecule is CC=CC1CCC1(C)CCO. The summed E-state index contributed by atoms with van der Waals surface area (Å²) in [6, 6.07) is 0. The van der Waals surface area contributed by atoms with Crippen molar-refractivity contribution < 1.29 is 5.11 Å². The van der Waals surface area contributed by atoms with E-state index in [1.165, 1.54) is 12.8 Å². The molecule has 1 aliphatic carbocycles. The van der Waals surface area contributed by atoms with Gasteiger partial charge in [0.25, 0.3) is 0 Å². The van der Waals surface area contributed by atoms with Crippen molar-refractivity contribution in [2.24, 2.45) is 11.3 Å². The minimum Gasteiger partial charge on any atom is -0.396 e. The highest BCUT2D eigenvalue weighted by Crippen LogP contribution is 2.49. The zero-order valence-corrected chi connectivity index (χ0v) is 7.51. The smallest absolute Gasteiger partial charge is 0.0436 e. The number of rotatable bonds is 3.